The topological polar surface area (TPSA) is 71.3 Å². The highest BCUT2D eigenvalue weighted by atomic mass is 79.9. The summed E-state index contributed by atoms with van der Waals surface area (Å²) in [5, 5.41) is 11.9. The lowest BCUT2D eigenvalue weighted by Crippen LogP contribution is -2.13. The molecule has 2 rings (SSSR count). The Balaban J connectivity index is 2.28. The molecule has 0 heterocycles. The number of anilines is 1. The van der Waals surface area contributed by atoms with Crippen LogP contribution in [0.25, 0.3) is 6.08 Å². The predicted octanol–water partition coefficient (Wildman–Crippen LogP) is 4.93. The number of methoxy groups -OCH3 is 1. The zero-order valence-electron chi connectivity index (χ0n) is 14.9. The van der Waals surface area contributed by atoms with E-state index in [1.165, 1.54) is 37.5 Å². The van der Waals surface area contributed by atoms with Gasteiger partial charge < -0.3 is 14.8 Å². The molecule has 1 N–H and O–H groups in total. The van der Waals surface area contributed by atoms with E-state index in [4.69, 9.17) is 9.47 Å². The summed E-state index contributed by atoms with van der Waals surface area (Å²) in [6.45, 7) is 2.53. The molecular weight excluding hydrogens is 415 g/mol. The van der Waals surface area contributed by atoms with Gasteiger partial charge in [-0.3, -0.25) is 4.79 Å². The SMILES string of the molecule is CCCOc1c(Br)cc(/C=C(\C#N)C(=O)Nc2ccc(F)cc2)cc1OC. The van der Waals surface area contributed by atoms with Crippen LogP contribution in [0.3, 0.4) is 0 Å². The lowest BCUT2D eigenvalue weighted by atomic mass is 10.1. The van der Waals surface area contributed by atoms with Crippen molar-refractivity contribution in [3.05, 3.63) is 57.8 Å². The van der Waals surface area contributed by atoms with Crippen LogP contribution in [0, 0.1) is 17.1 Å². The second-order valence-corrected chi connectivity index (χ2v) is 6.37. The quantitative estimate of drug-likeness (QED) is 0.497. The van der Waals surface area contributed by atoms with Crippen LogP contribution in [0.2, 0.25) is 0 Å². The standard InChI is InChI=1S/C20H18BrFN2O3/c1-3-8-27-19-17(21)10-13(11-18(19)26-2)9-14(12-23)20(25)24-16-6-4-15(22)5-7-16/h4-7,9-11H,3,8H2,1-2H3,(H,24,25)/b14-9+. The van der Waals surface area contributed by atoms with Gasteiger partial charge in [0.1, 0.15) is 17.5 Å². The van der Waals surface area contributed by atoms with Gasteiger partial charge in [0, 0.05) is 5.69 Å². The Morgan fingerprint density at radius 2 is 2.04 bits per heavy atom. The molecule has 0 aliphatic heterocycles. The zero-order chi connectivity index (χ0) is 19.8. The fourth-order valence-electron chi connectivity index (χ4n) is 2.21. The molecule has 0 saturated heterocycles. The molecule has 140 valence electrons. The van der Waals surface area contributed by atoms with Crippen molar-refractivity contribution in [2.45, 2.75) is 13.3 Å². The normalized spacial score (nSPS) is 10.9. The molecule has 5 nitrogen and oxygen atoms in total. The van der Waals surface area contributed by atoms with Crippen LogP contribution in [0.5, 0.6) is 11.5 Å². The largest absolute Gasteiger partial charge is 0.493 e. The van der Waals surface area contributed by atoms with E-state index in [9.17, 15) is 14.4 Å². The predicted molar refractivity (Wildman–Crippen MR) is 105 cm³/mol. The maximum absolute atomic E-state index is 13.0. The molecule has 0 atom stereocenters. The van der Waals surface area contributed by atoms with E-state index in [1.807, 2.05) is 13.0 Å². The van der Waals surface area contributed by atoms with Gasteiger partial charge in [0.2, 0.25) is 0 Å². The molecule has 1 amide bonds. The van der Waals surface area contributed by atoms with Gasteiger partial charge in [0.25, 0.3) is 5.91 Å². The van der Waals surface area contributed by atoms with Crippen LogP contribution in [-0.2, 0) is 4.79 Å². The first-order valence-corrected chi connectivity index (χ1v) is 8.96. The fourth-order valence-corrected chi connectivity index (χ4v) is 2.79. The second-order valence-electron chi connectivity index (χ2n) is 5.51. The van der Waals surface area contributed by atoms with E-state index >= 15 is 0 Å². The number of rotatable bonds is 7. The molecule has 0 aliphatic carbocycles. The van der Waals surface area contributed by atoms with E-state index < -0.39 is 11.7 Å². The summed E-state index contributed by atoms with van der Waals surface area (Å²) in [7, 11) is 1.51. The Kier molecular flexibility index (Phi) is 7.38. The van der Waals surface area contributed by atoms with E-state index in [2.05, 4.69) is 21.2 Å². The number of amides is 1. The molecule has 0 bridgehead atoms. The molecule has 0 aromatic heterocycles. The maximum atomic E-state index is 13.0. The Labute approximate surface area is 165 Å². The molecule has 27 heavy (non-hydrogen) atoms. The molecule has 0 saturated carbocycles. The molecule has 2 aromatic rings. The molecule has 0 spiro atoms. The van der Waals surface area contributed by atoms with Gasteiger partial charge >= 0.3 is 0 Å². The van der Waals surface area contributed by atoms with Crippen molar-refractivity contribution in [2.75, 3.05) is 19.0 Å². The zero-order valence-corrected chi connectivity index (χ0v) is 16.5. The van der Waals surface area contributed by atoms with E-state index in [-0.39, 0.29) is 5.57 Å². The lowest BCUT2D eigenvalue weighted by molar-refractivity contribution is -0.112. The number of hydrogen-bond donors (Lipinski definition) is 1. The van der Waals surface area contributed by atoms with E-state index in [1.54, 1.807) is 12.1 Å². The first-order valence-electron chi connectivity index (χ1n) is 8.17. The average molecular weight is 433 g/mol. The summed E-state index contributed by atoms with van der Waals surface area (Å²) in [5.74, 6) is 0.0444. The van der Waals surface area contributed by atoms with Crippen molar-refractivity contribution >= 4 is 33.6 Å². The van der Waals surface area contributed by atoms with Crippen molar-refractivity contribution in [1.29, 1.82) is 5.26 Å². The number of carbonyl (C=O) groups excluding carboxylic acids is 1. The average Bonchev–Trinajstić information content (AvgIpc) is 2.66. The molecule has 2 aromatic carbocycles. The van der Waals surface area contributed by atoms with Gasteiger partial charge in [0.15, 0.2) is 11.5 Å². The molecular formula is C20H18BrFN2O3. The van der Waals surface area contributed by atoms with Gasteiger partial charge in [-0.05, 0) is 70.4 Å². The van der Waals surface area contributed by atoms with Crippen LogP contribution in [-0.4, -0.2) is 19.6 Å². The first kappa shape index (κ1) is 20.5. The molecule has 7 heteroatoms. The monoisotopic (exact) mass is 432 g/mol. The van der Waals surface area contributed by atoms with Gasteiger partial charge in [-0.1, -0.05) is 6.92 Å². The summed E-state index contributed by atoms with van der Waals surface area (Å²) < 4.78 is 24.6. The third-order valence-corrected chi connectivity index (χ3v) is 4.07. The van der Waals surface area contributed by atoms with Gasteiger partial charge in [-0.15, -0.1) is 0 Å². The number of nitrogens with zero attached hydrogens (tertiary/aromatic N) is 1. The summed E-state index contributed by atoms with van der Waals surface area (Å²) in [4.78, 5) is 12.3. The lowest BCUT2D eigenvalue weighted by Gasteiger charge is -2.13. The number of halogens is 2. The minimum absolute atomic E-state index is 0.101. The molecule has 0 aliphatic rings. The maximum Gasteiger partial charge on any atom is 0.266 e. The van der Waals surface area contributed by atoms with Crippen LogP contribution in [0.15, 0.2) is 46.4 Å². The molecule has 0 fully saturated rings. The van der Waals surface area contributed by atoms with Crippen molar-refractivity contribution in [1.82, 2.24) is 0 Å². The minimum atomic E-state index is -0.592. The van der Waals surface area contributed by atoms with Crippen LogP contribution < -0.4 is 14.8 Å². The number of hydrogen-bond acceptors (Lipinski definition) is 4. The molecule has 0 radical (unpaired) electrons. The number of benzene rings is 2. The third-order valence-electron chi connectivity index (χ3n) is 3.48. The summed E-state index contributed by atoms with van der Waals surface area (Å²) in [6, 6.07) is 10.6. The van der Waals surface area contributed by atoms with Crippen LogP contribution in [0.4, 0.5) is 10.1 Å². The smallest absolute Gasteiger partial charge is 0.266 e. The Hall–Kier alpha value is -2.85. The number of ether oxygens (including phenoxy) is 2. The van der Waals surface area contributed by atoms with Gasteiger partial charge in [-0.2, -0.15) is 5.26 Å². The minimum Gasteiger partial charge on any atom is -0.493 e. The summed E-state index contributed by atoms with van der Waals surface area (Å²) >= 11 is 3.43. The van der Waals surface area contributed by atoms with Crippen molar-refractivity contribution in [3.8, 4) is 17.6 Å². The Morgan fingerprint density at radius 3 is 2.63 bits per heavy atom. The summed E-state index contributed by atoms with van der Waals surface area (Å²) in [6.07, 6.45) is 2.29. The number of nitrogens with one attached hydrogen (secondary N) is 1. The van der Waals surface area contributed by atoms with Gasteiger partial charge in [-0.25, -0.2) is 4.39 Å². The number of nitriles is 1. The van der Waals surface area contributed by atoms with Crippen LogP contribution in [0.1, 0.15) is 18.9 Å². The Morgan fingerprint density at radius 1 is 1.33 bits per heavy atom. The van der Waals surface area contributed by atoms with Crippen molar-refractivity contribution in [2.24, 2.45) is 0 Å². The molecule has 0 unspecified atom stereocenters. The summed E-state index contributed by atoms with van der Waals surface area (Å²) in [5.41, 5.74) is 0.883. The number of carbonyl (C=O) groups is 1. The van der Waals surface area contributed by atoms with Crippen LogP contribution >= 0.6 is 15.9 Å². The second kappa shape index (κ2) is 9.74. The van der Waals surface area contributed by atoms with Crippen molar-refractivity contribution in [3.63, 3.8) is 0 Å². The highest BCUT2D eigenvalue weighted by molar-refractivity contribution is 9.10. The van der Waals surface area contributed by atoms with Crippen molar-refractivity contribution < 1.29 is 18.7 Å². The highest BCUT2D eigenvalue weighted by Crippen LogP contribution is 2.37. The van der Waals surface area contributed by atoms with Gasteiger partial charge in [0.05, 0.1) is 18.2 Å². The third kappa shape index (κ3) is 5.56. The Bertz CT molecular complexity index is 889. The fraction of sp³-hybridized carbons (Fsp3) is 0.200. The highest BCUT2D eigenvalue weighted by Gasteiger charge is 2.14. The first-order chi connectivity index (χ1) is 13.0. The van der Waals surface area contributed by atoms with E-state index in [0.29, 0.717) is 33.8 Å². The van der Waals surface area contributed by atoms with E-state index in [0.717, 1.165) is 6.42 Å².